The summed E-state index contributed by atoms with van der Waals surface area (Å²) < 4.78 is 65.5. The number of hydrogen-bond acceptors (Lipinski definition) is 3. The molecule has 0 amide bonds. The molecule has 23 heavy (non-hydrogen) atoms. The third-order valence-corrected chi connectivity index (χ3v) is 6.56. The highest BCUT2D eigenvalue weighted by Gasteiger charge is 2.44. The summed E-state index contributed by atoms with van der Waals surface area (Å²) in [5.74, 6) is -0.605. The fraction of sp³-hybridized carbons (Fsp3) is 0.600. The Labute approximate surface area is 133 Å². The Balaban J connectivity index is 1.80. The van der Waals surface area contributed by atoms with Gasteiger partial charge in [0, 0.05) is 19.6 Å². The zero-order chi connectivity index (χ0) is 16.7. The van der Waals surface area contributed by atoms with Crippen LogP contribution in [0.15, 0.2) is 24.3 Å². The van der Waals surface area contributed by atoms with Crippen LogP contribution < -0.4 is 5.32 Å². The van der Waals surface area contributed by atoms with Crippen molar-refractivity contribution in [3.63, 3.8) is 0 Å². The molecule has 1 aromatic rings. The molecule has 4 nitrogen and oxygen atoms in total. The molecule has 3 rings (SSSR count). The molecule has 2 aliphatic heterocycles. The van der Waals surface area contributed by atoms with Crippen LogP contribution in [0.2, 0.25) is 0 Å². The third kappa shape index (κ3) is 3.39. The maximum Gasteiger partial charge on any atom is 0.416 e. The molecule has 0 bridgehead atoms. The highest BCUT2D eigenvalue weighted by Crippen LogP contribution is 2.38. The predicted molar refractivity (Wildman–Crippen MR) is 80.2 cm³/mol. The number of hydrogen-bond donors (Lipinski definition) is 1. The Morgan fingerprint density at radius 2 is 1.96 bits per heavy atom. The first-order valence-electron chi connectivity index (χ1n) is 7.56. The van der Waals surface area contributed by atoms with E-state index in [2.05, 4.69) is 5.32 Å². The van der Waals surface area contributed by atoms with E-state index in [1.165, 1.54) is 22.5 Å². The second kappa shape index (κ2) is 5.75. The van der Waals surface area contributed by atoms with Crippen molar-refractivity contribution in [2.75, 3.05) is 26.2 Å². The lowest BCUT2D eigenvalue weighted by Crippen LogP contribution is -2.34. The Hall–Kier alpha value is -1.12. The van der Waals surface area contributed by atoms with Gasteiger partial charge in [-0.2, -0.15) is 13.2 Å². The molecule has 1 spiro atoms. The molecule has 1 atom stereocenters. The first-order valence-corrected chi connectivity index (χ1v) is 9.17. The zero-order valence-electron chi connectivity index (χ0n) is 12.6. The van der Waals surface area contributed by atoms with Crippen LogP contribution in [-0.4, -0.2) is 38.9 Å². The molecule has 0 radical (unpaired) electrons. The van der Waals surface area contributed by atoms with Gasteiger partial charge < -0.3 is 5.32 Å². The van der Waals surface area contributed by atoms with Crippen molar-refractivity contribution in [3.05, 3.63) is 35.4 Å². The zero-order valence-corrected chi connectivity index (χ0v) is 13.4. The molecule has 1 unspecified atom stereocenters. The smallest absolute Gasteiger partial charge is 0.316 e. The molecule has 128 valence electrons. The molecule has 8 heteroatoms. The highest BCUT2D eigenvalue weighted by molar-refractivity contribution is 7.88. The summed E-state index contributed by atoms with van der Waals surface area (Å²) in [5, 5.41) is 3.24. The van der Waals surface area contributed by atoms with Crippen LogP contribution in [0, 0.1) is 5.41 Å². The molecular formula is C15H19F3N2O2S. The topological polar surface area (TPSA) is 49.4 Å². The first-order chi connectivity index (χ1) is 10.7. The maximum atomic E-state index is 13.0. The fourth-order valence-electron chi connectivity index (χ4n) is 3.49. The van der Waals surface area contributed by atoms with Gasteiger partial charge in [0.05, 0.1) is 11.3 Å². The average Bonchev–Trinajstić information content (AvgIpc) is 3.09. The van der Waals surface area contributed by atoms with Crippen molar-refractivity contribution in [2.24, 2.45) is 5.41 Å². The van der Waals surface area contributed by atoms with Gasteiger partial charge in [0.15, 0.2) is 0 Å². The lowest BCUT2D eigenvalue weighted by molar-refractivity contribution is -0.138. The Morgan fingerprint density at radius 3 is 2.61 bits per heavy atom. The van der Waals surface area contributed by atoms with Crippen molar-refractivity contribution in [3.8, 4) is 0 Å². The van der Waals surface area contributed by atoms with E-state index in [1.54, 1.807) is 0 Å². The van der Waals surface area contributed by atoms with Gasteiger partial charge in [-0.1, -0.05) is 18.2 Å². The molecule has 0 aliphatic carbocycles. The number of benzene rings is 1. The van der Waals surface area contributed by atoms with Gasteiger partial charge in [0.1, 0.15) is 0 Å². The third-order valence-electron chi connectivity index (χ3n) is 4.79. The number of sulfonamides is 1. The van der Waals surface area contributed by atoms with Crippen LogP contribution in [0.5, 0.6) is 0 Å². The summed E-state index contributed by atoms with van der Waals surface area (Å²) >= 11 is 0. The van der Waals surface area contributed by atoms with Crippen molar-refractivity contribution in [1.82, 2.24) is 9.62 Å². The summed E-state index contributed by atoms with van der Waals surface area (Å²) in [7, 11) is -3.75. The molecule has 1 N–H and O–H groups in total. The van der Waals surface area contributed by atoms with Crippen LogP contribution >= 0.6 is 0 Å². The molecule has 2 fully saturated rings. The van der Waals surface area contributed by atoms with Gasteiger partial charge >= 0.3 is 6.18 Å². The quantitative estimate of drug-likeness (QED) is 0.911. The monoisotopic (exact) mass is 348 g/mol. The van der Waals surface area contributed by atoms with Crippen LogP contribution in [-0.2, 0) is 22.0 Å². The molecule has 0 saturated carbocycles. The van der Waals surface area contributed by atoms with Crippen molar-refractivity contribution >= 4 is 10.0 Å². The van der Waals surface area contributed by atoms with E-state index in [0.29, 0.717) is 13.1 Å². The molecule has 2 heterocycles. The Kier molecular flexibility index (Phi) is 4.18. The van der Waals surface area contributed by atoms with Gasteiger partial charge in [-0.3, -0.25) is 0 Å². The maximum absolute atomic E-state index is 13.0. The van der Waals surface area contributed by atoms with Crippen LogP contribution in [0.25, 0.3) is 0 Å². The number of alkyl halides is 3. The van der Waals surface area contributed by atoms with Gasteiger partial charge in [0.2, 0.25) is 10.0 Å². The number of rotatable bonds is 3. The molecule has 2 aliphatic rings. The summed E-state index contributed by atoms with van der Waals surface area (Å²) in [6.45, 7) is 2.43. The Morgan fingerprint density at radius 1 is 1.22 bits per heavy atom. The van der Waals surface area contributed by atoms with E-state index >= 15 is 0 Å². The van der Waals surface area contributed by atoms with Crippen LogP contribution in [0.4, 0.5) is 13.2 Å². The van der Waals surface area contributed by atoms with E-state index < -0.39 is 27.5 Å². The SMILES string of the molecule is O=S(=O)(Cc1ccccc1C(F)(F)F)N1CCC2(CCNC2)C1. The number of nitrogens with zero attached hydrogens (tertiary/aromatic N) is 1. The van der Waals surface area contributed by atoms with Crippen molar-refractivity contribution in [1.29, 1.82) is 0 Å². The lowest BCUT2D eigenvalue weighted by atomic mass is 9.87. The molecule has 1 aromatic carbocycles. The van der Waals surface area contributed by atoms with Crippen LogP contribution in [0.3, 0.4) is 0 Å². The van der Waals surface area contributed by atoms with Gasteiger partial charge in [-0.15, -0.1) is 0 Å². The van der Waals surface area contributed by atoms with E-state index in [9.17, 15) is 21.6 Å². The standard InChI is InChI=1S/C15H19F3N2O2S/c16-15(17,18)13-4-2-1-3-12(13)9-23(21,22)20-8-6-14(11-20)5-7-19-10-14/h1-4,19H,5-11H2. The molecule has 0 aromatic heterocycles. The second-order valence-electron chi connectivity index (χ2n) is 6.42. The minimum absolute atomic E-state index is 0.0450. The molecule has 2 saturated heterocycles. The van der Waals surface area contributed by atoms with Gasteiger partial charge in [-0.05, 0) is 36.4 Å². The first kappa shape index (κ1) is 16.7. The number of nitrogens with one attached hydrogen (secondary N) is 1. The average molecular weight is 348 g/mol. The van der Waals surface area contributed by atoms with Crippen LogP contribution in [0.1, 0.15) is 24.0 Å². The van der Waals surface area contributed by atoms with E-state index in [1.807, 2.05) is 0 Å². The predicted octanol–water partition coefficient (Wildman–Crippen LogP) is 2.22. The summed E-state index contributed by atoms with van der Waals surface area (Å²) in [6, 6.07) is 4.88. The van der Waals surface area contributed by atoms with Crippen molar-refractivity contribution < 1.29 is 21.6 Å². The minimum atomic E-state index is -4.55. The Bertz CT molecular complexity index is 682. The lowest BCUT2D eigenvalue weighted by Gasteiger charge is -2.23. The largest absolute Gasteiger partial charge is 0.416 e. The van der Waals surface area contributed by atoms with E-state index in [-0.39, 0.29) is 11.0 Å². The van der Waals surface area contributed by atoms with E-state index in [0.717, 1.165) is 32.0 Å². The summed E-state index contributed by atoms with van der Waals surface area (Å²) in [4.78, 5) is 0. The van der Waals surface area contributed by atoms with Gasteiger partial charge in [0.25, 0.3) is 0 Å². The normalized spacial score (nSPS) is 26.2. The highest BCUT2D eigenvalue weighted by atomic mass is 32.2. The minimum Gasteiger partial charge on any atom is -0.316 e. The molecular weight excluding hydrogens is 329 g/mol. The second-order valence-corrected chi connectivity index (χ2v) is 8.39. The van der Waals surface area contributed by atoms with Crippen molar-refractivity contribution in [2.45, 2.75) is 24.8 Å². The fourth-order valence-corrected chi connectivity index (χ4v) is 5.15. The van der Waals surface area contributed by atoms with Gasteiger partial charge in [-0.25, -0.2) is 12.7 Å². The van der Waals surface area contributed by atoms with E-state index in [4.69, 9.17) is 0 Å². The summed E-state index contributed by atoms with van der Waals surface area (Å²) in [5.41, 5.74) is -1.11. The summed E-state index contributed by atoms with van der Waals surface area (Å²) in [6.07, 6.45) is -2.87. The number of halogens is 3.